The van der Waals surface area contributed by atoms with Crippen molar-refractivity contribution in [1.82, 2.24) is 0 Å². The third-order valence-corrected chi connectivity index (χ3v) is 4.55. The van der Waals surface area contributed by atoms with Gasteiger partial charge in [0.2, 0.25) is 0 Å². The fraction of sp³-hybridized carbons (Fsp3) is 0.800. The van der Waals surface area contributed by atoms with E-state index in [0.29, 0.717) is 12.8 Å². The number of carbonyl (C=O) groups excluding carboxylic acids is 2. The number of ether oxygens (including phenoxy) is 2. The predicted molar refractivity (Wildman–Crippen MR) is 99.2 cm³/mol. The van der Waals surface area contributed by atoms with E-state index in [1.165, 1.54) is 32.1 Å². The molecule has 0 saturated heterocycles. The average Bonchev–Trinajstić information content (AvgIpc) is 2.64. The van der Waals surface area contributed by atoms with Gasteiger partial charge in [-0.2, -0.15) is 0 Å². The maximum absolute atomic E-state index is 11.9. The molecule has 0 saturated carbocycles. The zero-order chi connectivity index (χ0) is 19.0. The summed E-state index contributed by atoms with van der Waals surface area (Å²) in [5.74, 6) is -0.802. The van der Waals surface area contributed by atoms with E-state index < -0.39 is 11.4 Å². The minimum absolute atomic E-state index is 0.00981. The van der Waals surface area contributed by atoms with Gasteiger partial charge in [0.25, 0.3) is 0 Å². The number of aliphatic hydroxyl groups is 1. The Labute approximate surface area is 152 Å². The number of hydrogen-bond acceptors (Lipinski definition) is 5. The van der Waals surface area contributed by atoms with E-state index in [1.807, 2.05) is 6.92 Å². The van der Waals surface area contributed by atoms with Crippen molar-refractivity contribution in [2.45, 2.75) is 78.1 Å². The van der Waals surface area contributed by atoms with E-state index in [0.717, 1.165) is 25.3 Å². The first kappa shape index (κ1) is 23.6. The van der Waals surface area contributed by atoms with E-state index in [2.05, 4.69) is 13.5 Å². The molecule has 0 radical (unpaired) electrons. The number of hydrogen-bond donors (Lipinski definition) is 1. The van der Waals surface area contributed by atoms with Gasteiger partial charge >= 0.3 is 11.9 Å². The molecule has 1 atom stereocenters. The minimum atomic E-state index is -0.742. The van der Waals surface area contributed by atoms with Crippen LogP contribution in [0.25, 0.3) is 0 Å². The molecule has 1 unspecified atom stereocenters. The largest absolute Gasteiger partial charge is 0.465 e. The molecule has 0 spiro atoms. The van der Waals surface area contributed by atoms with Crippen molar-refractivity contribution in [2.75, 3.05) is 19.8 Å². The van der Waals surface area contributed by atoms with Crippen LogP contribution in [0, 0.1) is 5.41 Å². The third-order valence-electron chi connectivity index (χ3n) is 4.55. The normalized spacial score (nSPS) is 13.1. The Hall–Kier alpha value is -1.36. The molecule has 0 bridgehead atoms. The van der Waals surface area contributed by atoms with Crippen LogP contribution in [0.4, 0.5) is 0 Å². The zero-order valence-electron chi connectivity index (χ0n) is 16.1. The molecular weight excluding hydrogens is 320 g/mol. The third kappa shape index (κ3) is 11.8. The molecule has 146 valence electrons. The Balaban J connectivity index is 3.94. The van der Waals surface area contributed by atoms with Crippen LogP contribution in [-0.4, -0.2) is 36.9 Å². The molecule has 0 amide bonds. The summed E-state index contributed by atoms with van der Waals surface area (Å²) >= 11 is 0. The summed E-state index contributed by atoms with van der Waals surface area (Å²) in [6.45, 7) is 7.26. The highest BCUT2D eigenvalue weighted by Gasteiger charge is 2.31. The molecule has 0 fully saturated rings. The van der Waals surface area contributed by atoms with Crippen LogP contribution in [0.1, 0.15) is 78.1 Å². The number of esters is 2. The topological polar surface area (TPSA) is 72.8 Å². The van der Waals surface area contributed by atoms with Gasteiger partial charge in [-0.3, -0.25) is 4.79 Å². The minimum Gasteiger partial charge on any atom is -0.465 e. The number of rotatable bonds is 16. The monoisotopic (exact) mass is 356 g/mol. The molecule has 0 aromatic carbocycles. The first-order valence-electron chi connectivity index (χ1n) is 9.59. The van der Waals surface area contributed by atoms with Crippen molar-refractivity contribution in [3.63, 3.8) is 0 Å². The molecule has 5 nitrogen and oxygen atoms in total. The lowest BCUT2D eigenvalue weighted by molar-refractivity contribution is -0.154. The van der Waals surface area contributed by atoms with Gasteiger partial charge in [-0.15, -0.1) is 0 Å². The summed E-state index contributed by atoms with van der Waals surface area (Å²) in [6, 6.07) is 0. The Morgan fingerprint density at radius 1 is 0.960 bits per heavy atom. The second kappa shape index (κ2) is 14.9. The Bertz CT molecular complexity index is 374. The Morgan fingerprint density at radius 3 is 2.04 bits per heavy atom. The first-order chi connectivity index (χ1) is 12.0. The van der Waals surface area contributed by atoms with Crippen LogP contribution in [0.15, 0.2) is 12.7 Å². The van der Waals surface area contributed by atoms with E-state index >= 15 is 0 Å². The molecule has 0 heterocycles. The molecule has 0 aliphatic rings. The van der Waals surface area contributed by atoms with Crippen LogP contribution in [0.3, 0.4) is 0 Å². The molecule has 0 rings (SSSR count). The van der Waals surface area contributed by atoms with E-state index in [9.17, 15) is 14.7 Å². The average molecular weight is 357 g/mol. The van der Waals surface area contributed by atoms with Crippen LogP contribution in [-0.2, 0) is 19.1 Å². The van der Waals surface area contributed by atoms with Crippen molar-refractivity contribution in [2.24, 2.45) is 5.41 Å². The molecular formula is C20H36O5. The smallest absolute Gasteiger partial charge is 0.330 e. The Morgan fingerprint density at radius 2 is 1.52 bits per heavy atom. The van der Waals surface area contributed by atoms with Crippen molar-refractivity contribution < 1.29 is 24.2 Å². The molecule has 0 aliphatic heterocycles. The van der Waals surface area contributed by atoms with Gasteiger partial charge in [0.1, 0.15) is 13.2 Å². The van der Waals surface area contributed by atoms with Crippen molar-refractivity contribution in [1.29, 1.82) is 0 Å². The summed E-state index contributed by atoms with van der Waals surface area (Å²) < 4.78 is 10.3. The lowest BCUT2D eigenvalue weighted by atomic mass is 9.88. The highest BCUT2D eigenvalue weighted by Crippen LogP contribution is 2.23. The lowest BCUT2D eigenvalue weighted by Crippen LogP contribution is -2.37. The van der Waals surface area contributed by atoms with Gasteiger partial charge < -0.3 is 14.6 Å². The van der Waals surface area contributed by atoms with Gasteiger partial charge in [0.05, 0.1) is 12.0 Å². The summed E-state index contributed by atoms with van der Waals surface area (Å²) in [4.78, 5) is 23.0. The lowest BCUT2D eigenvalue weighted by Gasteiger charge is -2.29. The van der Waals surface area contributed by atoms with Crippen LogP contribution in [0.2, 0.25) is 0 Å². The van der Waals surface area contributed by atoms with E-state index in [4.69, 9.17) is 9.47 Å². The zero-order valence-corrected chi connectivity index (χ0v) is 16.1. The number of aliphatic hydroxyl groups excluding tert-OH is 1. The summed E-state index contributed by atoms with van der Waals surface area (Å²) in [5.41, 5.74) is -0.742. The van der Waals surface area contributed by atoms with E-state index in [1.54, 1.807) is 0 Å². The van der Waals surface area contributed by atoms with Crippen LogP contribution in [0.5, 0.6) is 0 Å². The predicted octanol–water partition coefficient (Wildman–Crippen LogP) is 4.18. The second-order valence-electron chi connectivity index (χ2n) is 6.71. The fourth-order valence-electron chi connectivity index (χ4n) is 2.44. The molecule has 1 N–H and O–H groups in total. The summed E-state index contributed by atoms with van der Waals surface area (Å²) in [7, 11) is 0. The quantitative estimate of drug-likeness (QED) is 0.255. The maximum atomic E-state index is 11.9. The van der Waals surface area contributed by atoms with Gasteiger partial charge in [-0.05, 0) is 12.8 Å². The molecule has 0 aromatic rings. The van der Waals surface area contributed by atoms with Gasteiger partial charge in [-0.25, -0.2) is 4.79 Å². The maximum Gasteiger partial charge on any atom is 0.330 e. The summed E-state index contributed by atoms with van der Waals surface area (Å²) in [6.07, 6.45) is 11.4. The summed E-state index contributed by atoms with van der Waals surface area (Å²) in [5, 5.41) is 9.60. The highest BCUT2D eigenvalue weighted by atomic mass is 16.5. The molecule has 25 heavy (non-hydrogen) atoms. The van der Waals surface area contributed by atoms with Gasteiger partial charge in [-0.1, -0.05) is 65.4 Å². The van der Waals surface area contributed by atoms with Crippen LogP contribution >= 0.6 is 0 Å². The van der Waals surface area contributed by atoms with Crippen LogP contribution < -0.4 is 0 Å². The highest BCUT2D eigenvalue weighted by molar-refractivity contribution is 5.81. The molecule has 0 aromatic heterocycles. The fourth-order valence-corrected chi connectivity index (χ4v) is 2.44. The second-order valence-corrected chi connectivity index (χ2v) is 6.71. The first-order valence-corrected chi connectivity index (χ1v) is 9.59. The molecule has 0 aliphatic carbocycles. The van der Waals surface area contributed by atoms with Crippen molar-refractivity contribution >= 4 is 11.9 Å². The van der Waals surface area contributed by atoms with Gasteiger partial charge in [0.15, 0.2) is 0 Å². The molecule has 5 heteroatoms. The number of carbonyl (C=O) groups is 2. The SMILES string of the molecule is C=CC(=O)OCC(CC)(CO)COC(=O)CCCCCCCCCC. The van der Waals surface area contributed by atoms with Gasteiger partial charge in [0, 0.05) is 12.5 Å². The number of unbranched alkanes of at least 4 members (excludes halogenated alkanes) is 7. The van der Waals surface area contributed by atoms with Crippen molar-refractivity contribution in [3.05, 3.63) is 12.7 Å². The van der Waals surface area contributed by atoms with E-state index in [-0.39, 0.29) is 25.8 Å². The van der Waals surface area contributed by atoms with Crippen molar-refractivity contribution in [3.8, 4) is 0 Å². The Kier molecular flexibility index (Phi) is 14.1. The standard InChI is InChI=1S/C20H36O5/c1-4-7-8-9-10-11-12-13-14-19(23)25-17-20(6-3,15-21)16-24-18(22)5-2/h5,21H,2,4,6-17H2,1,3H3.